The lowest BCUT2D eigenvalue weighted by molar-refractivity contribution is -0.138. The summed E-state index contributed by atoms with van der Waals surface area (Å²) in [6.45, 7) is 5.73. The van der Waals surface area contributed by atoms with E-state index in [-0.39, 0.29) is 11.9 Å². The molecule has 1 aromatic rings. The number of nitrogens with one attached hydrogen (secondary N) is 1. The van der Waals surface area contributed by atoms with Crippen molar-refractivity contribution >= 4 is 11.9 Å². The average molecular weight is 253 g/mol. The number of carboxylic acids is 1. The van der Waals surface area contributed by atoms with E-state index in [4.69, 9.17) is 9.84 Å². The number of aryl methyl sites for hydroxylation is 1. The molecule has 1 heterocycles. The fraction of sp³-hybridized carbons (Fsp3) is 0.583. The van der Waals surface area contributed by atoms with Crippen LogP contribution in [0.1, 0.15) is 26.0 Å². The minimum atomic E-state index is -0.909. The van der Waals surface area contributed by atoms with Gasteiger partial charge in [-0.25, -0.2) is 9.78 Å². The molecule has 2 N–H and O–H groups in total. The Hall–Kier alpha value is -1.85. The molecule has 0 radical (unpaired) electrons. The molecule has 1 unspecified atom stereocenters. The van der Waals surface area contributed by atoms with Crippen molar-refractivity contribution in [1.29, 1.82) is 0 Å². The number of anilines is 1. The van der Waals surface area contributed by atoms with E-state index in [2.05, 4.69) is 15.3 Å². The SMILES string of the molecule is COc1cc(C)nc(NC(CC(C)C)C(=O)O)n1. The van der Waals surface area contributed by atoms with Crippen molar-refractivity contribution in [1.82, 2.24) is 9.97 Å². The highest BCUT2D eigenvalue weighted by Crippen LogP contribution is 2.14. The number of nitrogens with zero attached hydrogens (tertiary/aromatic N) is 2. The summed E-state index contributed by atoms with van der Waals surface area (Å²) in [5.74, 6) is 0.0525. The predicted molar refractivity (Wildman–Crippen MR) is 67.8 cm³/mol. The van der Waals surface area contributed by atoms with Crippen LogP contribution in [-0.4, -0.2) is 34.2 Å². The second-order valence-corrected chi connectivity index (χ2v) is 4.54. The largest absolute Gasteiger partial charge is 0.481 e. The summed E-state index contributed by atoms with van der Waals surface area (Å²) in [7, 11) is 1.51. The molecule has 0 saturated carbocycles. The Balaban J connectivity index is 2.86. The minimum absolute atomic E-state index is 0.269. The highest BCUT2D eigenvalue weighted by molar-refractivity contribution is 5.76. The highest BCUT2D eigenvalue weighted by Gasteiger charge is 2.20. The van der Waals surface area contributed by atoms with E-state index in [1.807, 2.05) is 13.8 Å². The summed E-state index contributed by atoms with van der Waals surface area (Å²) in [4.78, 5) is 19.3. The van der Waals surface area contributed by atoms with Crippen LogP contribution in [-0.2, 0) is 4.79 Å². The zero-order chi connectivity index (χ0) is 13.7. The smallest absolute Gasteiger partial charge is 0.326 e. The second-order valence-electron chi connectivity index (χ2n) is 4.54. The van der Waals surface area contributed by atoms with Crippen molar-refractivity contribution < 1.29 is 14.6 Å². The van der Waals surface area contributed by atoms with Crippen LogP contribution >= 0.6 is 0 Å². The third kappa shape index (κ3) is 4.20. The third-order valence-electron chi connectivity index (χ3n) is 2.35. The van der Waals surface area contributed by atoms with Gasteiger partial charge in [-0.1, -0.05) is 13.8 Å². The van der Waals surface area contributed by atoms with E-state index in [0.29, 0.717) is 12.3 Å². The van der Waals surface area contributed by atoms with Crippen LogP contribution < -0.4 is 10.1 Å². The molecule has 0 bridgehead atoms. The van der Waals surface area contributed by atoms with E-state index in [0.717, 1.165) is 5.69 Å². The summed E-state index contributed by atoms with van der Waals surface area (Å²) in [6, 6.07) is 0.986. The molecule has 18 heavy (non-hydrogen) atoms. The lowest BCUT2D eigenvalue weighted by atomic mass is 10.0. The Morgan fingerprint density at radius 3 is 2.67 bits per heavy atom. The maximum absolute atomic E-state index is 11.1. The maximum Gasteiger partial charge on any atom is 0.326 e. The zero-order valence-electron chi connectivity index (χ0n) is 11.1. The zero-order valence-corrected chi connectivity index (χ0v) is 11.1. The van der Waals surface area contributed by atoms with Gasteiger partial charge in [0.1, 0.15) is 6.04 Å². The van der Waals surface area contributed by atoms with Crippen molar-refractivity contribution in [2.45, 2.75) is 33.2 Å². The van der Waals surface area contributed by atoms with E-state index in [9.17, 15) is 4.79 Å². The van der Waals surface area contributed by atoms with Gasteiger partial charge in [0.05, 0.1) is 7.11 Å². The first-order chi connectivity index (χ1) is 8.42. The third-order valence-corrected chi connectivity index (χ3v) is 2.35. The molecule has 0 spiro atoms. The minimum Gasteiger partial charge on any atom is -0.481 e. The van der Waals surface area contributed by atoms with Crippen LogP contribution in [0.15, 0.2) is 6.07 Å². The van der Waals surface area contributed by atoms with Crippen LogP contribution in [0, 0.1) is 12.8 Å². The van der Waals surface area contributed by atoms with Crippen LogP contribution in [0.3, 0.4) is 0 Å². The first-order valence-corrected chi connectivity index (χ1v) is 5.81. The van der Waals surface area contributed by atoms with Gasteiger partial charge in [-0.2, -0.15) is 4.98 Å². The molecule has 0 saturated heterocycles. The topological polar surface area (TPSA) is 84.3 Å². The van der Waals surface area contributed by atoms with Gasteiger partial charge < -0.3 is 15.2 Å². The normalized spacial score (nSPS) is 12.3. The van der Waals surface area contributed by atoms with E-state index >= 15 is 0 Å². The quantitative estimate of drug-likeness (QED) is 0.802. The maximum atomic E-state index is 11.1. The fourth-order valence-corrected chi connectivity index (χ4v) is 1.56. The molecule has 0 aliphatic heterocycles. The van der Waals surface area contributed by atoms with Crippen molar-refractivity contribution in [3.63, 3.8) is 0 Å². The standard InChI is InChI=1S/C12H19N3O3/c1-7(2)5-9(11(16)17)14-12-13-8(3)6-10(15-12)18-4/h6-7,9H,5H2,1-4H3,(H,16,17)(H,13,14,15). The van der Waals surface area contributed by atoms with E-state index in [1.54, 1.807) is 13.0 Å². The summed E-state index contributed by atoms with van der Waals surface area (Å²) >= 11 is 0. The van der Waals surface area contributed by atoms with Gasteiger partial charge in [-0.05, 0) is 19.3 Å². The lowest BCUT2D eigenvalue weighted by Crippen LogP contribution is -2.31. The Morgan fingerprint density at radius 2 is 2.17 bits per heavy atom. The Bertz CT molecular complexity index is 421. The van der Waals surface area contributed by atoms with Crippen LogP contribution in [0.25, 0.3) is 0 Å². The van der Waals surface area contributed by atoms with Crippen LogP contribution in [0.5, 0.6) is 5.88 Å². The summed E-state index contributed by atoms with van der Waals surface area (Å²) < 4.78 is 5.02. The molecule has 0 fully saturated rings. The molecule has 6 heteroatoms. The average Bonchev–Trinajstić information content (AvgIpc) is 2.26. The molecule has 0 aliphatic rings. The number of aliphatic carboxylic acids is 1. The molecule has 1 atom stereocenters. The molecule has 1 rings (SSSR count). The van der Waals surface area contributed by atoms with Gasteiger partial charge >= 0.3 is 5.97 Å². The van der Waals surface area contributed by atoms with Gasteiger partial charge in [0.2, 0.25) is 11.8 Å². The summed E-state index contributed by atoms with van der Waals surface area (Å²) in [5, 5.41) is 12.0. The molecular formula is C12H19N3O3. The number of methoxy groups -OCH3 is 1. The van der Waals surface area contributed by atoms with Gasteiger partial charge in [-0.3, -0.25) is 0 Å². The van der Waals surface area contributed by atoms with E-state index in [1.165, 1.54) is 7.11 Å². The molecule has 0 amide bonds. The molecule has 1 aromatic heterocycles. The number of hydrogen-bond donors (Lipinski definition) is 2. The Kier molecular flexibility index (Phi) is 4.88. The predicted octanol–water partition coefficient (Wildman–Crippen LogP) is 1.70. The van der Waals surface area contributed by atoms with Crippen LogP contribution in [0.2, 0.25) is 0 Å². The van der Waals surface area contributed by atoms with Gasteiger partial charge in [0.15, 0.2) is 0 Å². The monoisotopic (exact) mass is 253 g/mol. The number of ether oxygens (including phenoxy) is 1. The number of carboxylic acid groups (broad SMARTS) is 1. The van der Waals surface area contributed by atoms with Crippen molar-refractivity contribution in [3.8, 4) is 5.88 Å². The number of rotatable bonds is 6. The van der Waals surface area contributed by atoms with E-state index < -0.39 is 12.0 Å². The number of carbonyl (C=O) groups is 1. The molecule has 0 aromatic carbocycles. The van der Waals surface area contributed by atoms with Gasteiger partial charge in [0.25, 0.3) is 0 Å². The highest BCUT2D eigenvalue weighted by atomic mass is 16.5. The van der Waals surface area contributed by atoms with Gasteiger partial charge in [-0.15, -0.1) is 0 Å². The Morgan fingerprint density at radius 1 is 1.50 bits per heavy atom. The molecular weight excluding hydrogens is 234 g/mol. The number of hydrogen-bond acceptors (Lipinski definition) is 5. The Labute approximate surface area is 106 Å². The molecule has 6 nitrogen and oxygen atoms in total. The summed E-state index contributed by atoms with van der Waals surface area (Å²) in [6.07, 6.45) is 0.509. The lowest BCUT2D eigenvalue weighted by Gasteiger charge is -2.16. The van der Waals surface area contributed by atoms with Crippen molar-refractivity contribution in [3.05, 3.63) is 11.8 Å². The molecule has 100 valence electrons. The van der Waals surface area contributed by atoms with Crippen LogP contribution in [0.4, 0.5) is 5.95 Å². The molecule has 0 aliphatic carbocycles. The first kappa shape index (κ1) is 14.2. The first-order valence-electron chi connectivity index (χ1n) is 5.81. The second kappa shape index (κ2) is 6.18. The number of aromatic nitrogens is 2. The van der Waals surface area contributed by atoms with Gasteiger partial charge in [0, 0.05) is 11.8 Å². The van der Waals surface area contributed by atoms with Crippen molar-refractivity contribution in [2.24, 2.45) is 5.92 Å². The fourth-order valence-electron chi connectivity index (χ4n) is 1.56. The summed E-state index contributed by atoms with van der Waals surface area (Å²) in [5.41, 5.74) is 0.720. The van der Waals surface area contributed by atoms with Crippen molar-refractivity contribution in [2.75, 3.05) is 12.4 Å².